The monoisotopic (exact) mass is 339 g/mol. The number of ether oxygens (including phenoxy) is 2. The fourth-order valence-electron chi connectivity index (χ4n) is 4.13. The molecule has 2 aromatic rings. The molecule has 0 bridgehead atoms. The summed E-state index contributed by atoms with van der Waals surface area (Å²) in [5.74, 6) is 0.700. The van der Waals surface area contributed by atoms with Crippen molar-refractivity contribution in [1.29, 1.82) is 0 Å². The van der Waals surface area contributed by atoms with Crippen molar-refractivity contribution in [3.63, 3.8) is 0 Å². The minimum Gasteiger partial charge on any atom is -0.477 e. The standard InChI is InChI=1S/C20H25N3O2/c1-2-10-22-19(6-1)25-16-20-8-4-12-24-18(20)7-11-23(15-20)14-17-5-3-9-21-13-17/h1-3,5-6,9-10,13,18H,4,7-8,11-12,14-16H2/t18-,20+/m1/s1. The lowest BCUT2D eigenvalue weighted by Crippen LogP contribution is -2.57. The maximum Gasteiger partial charge on any atom is 0.213 e. The molecule has 25 heavy (non-hydrogen) atoms. The first-order valence-corrected chi connectivity index (χ1v) is 9.11. The second-order valence-electron chi connectivity index (χ2n) is 7.14. The van der Waals surface area contributed by atoms with E-state index in [2.05, 4.69) is 20.9 Å². The van der Waals surface area contributed by atoms with Gasteiger partial charge in [-0.15, -0.1) is 0 Å². The third-order valence-electron chi connectivity index (χ3n) is 5.34. The molecule has 5 nitrogen and oxygen atoms in total. The van der Waals surface area contributed by atoms with E-state index in [0.717, 1.165) is 45.5 Å². The van der Waals surface area contributed by atoms with Gasteiger partial charge in [0.05, 0.1) is 12.7 Å². The van der Waals surface area contributed by atoms with Crippen LogP contribution in [0.3, 0.4) is 0 Å². The summed E-state index contributed by atoms with van der Waals surface area (Å²) in [5, 5.41) is 0. The maximum atomic E-state index is 6.13. The summed E-state index contributed by atoms with van der Waals surface area (Å²) in [7, 11) is 0. The van der Waals surface area contributed by atoms with Gasteiger partial charge >= 0.3 is 0 Å². The summed E-state index contributed by atoms with van der Waals surface area (Å²) < 4.78 is 12.2. The first-order valence-electron chi connectivity index (χ1n) is 9.11. The zero-order valence-corrected chi connectivity index (χ0v) is 14.5. The van der Waals surface area contributed by atoms with E-state index in [1.54, 1.807) is 6.20 Å². The molecule has 5 heteroatoms. The Morgan fingerprint density at radius 1 is 1.24 bits per heavy atom. The summed E-state index contributed by atoms with van der Waals surface area (Å²) in [6, 6.07) is 9.95. The maximum absolute atomic E-state index is 6.13. The normalized spacial score (nSPS) is 26.8. The Hall–Kier alpha value is -1.98. The molecule has 132 valence electrons. The SMILES string of the molecule is c1ccc(OC[C@@]23CCCO[C@@H]2CCN(Cc2cccnc2)C3)nc1. The second-order valence-corrected chi connectivity index (χ2v) is 7.14. The third-order valence-corrected chi connectivity index (χ3v) is 5.34. The van der Waals surface area contributed by atoms with Gasteiger partial charge in [-0.05, 0) is 37.0 Å². The van der Waals surface area contributed by atoms with E-state index in [1.165, 1.54) is 5.56 Å². The van der Waals surface area contributed by atoms with Gasteiger partial charge in [-0.2, -0.15) is 0 Å². The predicted molar refractivity (Wildman–Crippen MR) is 95.3 cm³/mol. The van der Waals surface area contributed by atoms with Crippen LogP contribution in [-0.4, -0.2) is 47.3 Å². The molecule has 0 radical (unpaired) electrons. The van der Waals surface area contributed by atoms with E-state index in [9.17, 15) is 0 Å². The molecule has 2 aliphatic heterocycles. The van der Waals surface area contributed by atoms with Crippen LogP contribution in [0.1, 0.15) is 24.8 Å². The number of pyridine rings is 2. The molecule has 0 aromatic carbocycles. The van der Waals surface area contributed by atoms with Crippen LogP contribution in [0.5, 0.6) is 5.88 Å². The highest BCUT2D eigenvalue weighted by atomic mass is 16.5. The fraction of sp³-hybridized carbons (Fsp3) is 0.500. The van der Waals surface area contributed by atoms with Crippen LogP contribution in [0.2, 0.25) is 0 Å². The van der Waals surface area contributed by atoms with Gasteiger partial charge in [0, 0.05) is 56.3 Å². The number of aromatic nitrogens is 2. The minimum atomic E-state index is 0.0518. The van der Waals surface area contributed by atoms with Crippen LogP contribution < -0.4 is 4.74 Å². The van der Waals surface area contributed by atoms with Crippen molar-refractivity contribution < 1.29 is 9.47 Å². The van der Waals surface area contributed by atoms with Gasteiger partial charge in [0.25, 0.3) is 0 Å². The van der Waals surface area contributed by atoms with Gasteiger partial charge in [-0.25, -0.2) is 4.98 Å². The molecule has 0 saturated carbocycles. The number of hydrogen-bond donors (Lipinski definition) is 0. The van der Waals surface area contributed by atoms with E-state index < -0.39 is 0 Å². The van der Waals surface area contributed by atoms with E-state index >= 15 is 0 Å². The van der Waals surface area contributed by atoms with Crippen molar-refractivity contribution in [3.05, 3.63) is 54.5 Å². The molecular formula is C20H25N3O2. The second kappa shape index (κ2) is 7.50. The molecule has 2 aromatic heterocycles. The number of fused-ring (bicyclic) bond motifs is 1. The number of likely N-dealkylation sites (tertiary alicyclic amines) is 1. The number of rotatable bonds is 5. The highest BCUT2D eigenvalue weighted by Gasteiger charge is 2.46. The average Bonchev–Trinajstić information content (AvgIpc) is 2.68. The van der Waals surface area contributed by atoms with Crippen LogP contribution in [0.15, 0.2) is 48.9 Å². The van der Waals surface area contributed by atoms with E-state index in [0.29, 0.717) is 12.5 Å². The van der Waals surface area contributed by atoms with Gasteiger partial charge < -0.3 is 9.47 Å². The average molecular weight is 339 g/mol. The molecule has 0 unspecified atom stereocenters. The quantitative estimate of drug-likeness (QED) is 0.838. The fourth-order valence-corrected chi connectivity index (χ4v) is 4.13. The lowest BCUT2D eigenvalue weighted by molar-refractivity contribution is -0.141. The van der Waals surface area contributed by atoms with Crippen LogP contribution in [0.25, 0.3) is 0 Å². The van der Waals surface area contributed by atoms with Crippen LogP contribution >= 0.6 is 0 Å². The largest absolute Gasteiger partial charge is 0.477 e. The molecule has 0 N–H and O–H groups in total. The highest BCUT2D eigenvalue weighted by Crippen LogP contribution is 2.40. The van der Waals surface area contributed by atoms with Crippen molar-refractivity contribution in [2.75, 3.05) is 26.3 Å². The molecule has 2 atom stereocenters. The zero-order valence-electron chi connectivity index (χ0n) is 14.5. The van der Waals surface area contributed by atoms with Crippen molar-refractivity contribution >= 4 is 0 Å². The Labute approximate surface area is 149 Å². The Morgan fingerprint density at radius 3 is 3.08 bits per heavy atom. The Morgan fingerprint density at radius 2 is 2.24 bits per heavy atom. The van der Waals surface area contributed by atoms with Gasteiger partial charge in [0.15, 0.2) is 0 Å². The minimum absolute atomic E-state index is 0.0518. The summed E-state index contributed by atoms with van der Waals surface area (Å²) in [6.07, 6.45) is 9.16. The first kappa shape index (κ1) is 16.5. The van der Waals surface area contributed by atoms with Gasteiger partial charge in [-0.3, -0.25) is 9.88 Å². The molecular weight excluding hydrogens is 314 g/mol. The number of piperidine rings is 1. The first-order chi connectivity index (χ1) is 12.3. The summed E-state index contributed by atoms with van der Waals surface area (Å²) in [4.78, 5) is 11.1. The molecule has 2 aliphatic rings. The van der Waals surface area contributed by atoms with Gasteiger partial charge in [-0.1, -0.05) is 12.1 Å². The van der Waals surface area contributed by atoms with E-state index in [1.807, 2.05) is 36.7 Å². The zero-order chi connectivity index (χ0) is 17.0. The number of hydrogen-bond acceptors (Lipinski definition) is 5. The van der Waals surface area contributed by atoms with Crippen molar-refractivity contribution in [2.45, 2.75) is 31.9 Å². The molecule has 2 saturated heterocycles. The summed E-state index contributed by atoms with van der Waals surface area (Å²) in [6.45, 7) is 4.53. The molecule has 0 amide bonds. The topological polar surface area (TPSA) is 47.5 Å². The Kier molecular flexibility index (Phi) is 4.95. The summed E-state index contributed by atoms with van der Waals surface area (Å²) >= 11 is 0. The predicted octanol–water partition coefficient (Wildman–Crippen LogP) is 2.93. The van der Waals surface area contributed by atoms with Crippen LogP contribution in [0.4, 0.5) is 0 Å². The molecule has 0 aliphatic carbocycles. The molecule has 4 rings (SSSR count). The van der Waals surface area contributed by atoms with Crippen molar-refractivity contribution in [2.24, 2.45) is 5.41 Å². The molecule has 4 heterocycles. The van der Waals surface area contributed by atoms with Gasteiger partial charge in [0.2, 0.25) is 5.88 Å². The van der Waals surface area contributed by atoms with Crippen LogP contribution in [0, 0.1) is 5.41 Å². The van der Waals surface area contributed by atoms with E-state index in [4.69, 9.17) is 9.47 Å². The third kappa shape index (κ3) is 3.83. The van der Waals surface area contributed by atoms with Crippen molar-refractivity contribution in [1.82, 2.24) is 14.9 Å². The number of nitrogens with zero attached hydrogens (tertiary/aromatic N) is 3. The molecule has 2 fully saturated rings. The lowest BCUT2D eigenvalue weighted by Gasteiger charge is -2.50. The van der Waals surface area contributed by atoms with Crippen LogP contribution in [-0.2, 0) is 11.3 Å². The molecule has 0 spiro atoms. The Bertz CT molecular complexity index is 667. The highest BCUT2D eigenvalue weighted by molar-refractivity contribution is 5.11. The van der Waals surface area contributed by atoms with E-state index in [-0.39, 0.29) is 11.5 Å². The lowest BCUT2D eigenvalue weighted by atomic mass is 9.73. The smallest absolute Gasteiger partial charge is 0.213 e. The van der Waals surface area contributed by atoms with Gasteiger partial charge in [0.1, 0.15) is 0 Å². The van der Waals surface area contributed by atoms with Crippen molar-refractivity contribution in [3.8, 4) is 5.88 Å². The Balaban J connectivity index is 1.47. The summed E-state index contributed by atoms with van der Waals surface area (Å²) in [5.41, 5.74) is 1.31.